The summed E-state index contributed by atoms with van der Waals surface area (Å²) >= 11 is 0. The Morgan fingerprint density at radius 3 is 1.00 bits per heavy atom. The summed E-state index contributed by atoms with van der Waals surface area (Å²) < 4.78 is 71.8. The van der Waals surface area contributed by atoms with E-state index in [2.05, 4.69) is 0 Å². The Morgan fingerprint density at radius 2 is 0.676 bits per heavy atom. The molecule has 0 spiro atoms. The van der Waals surface area contributed by atoms with Gasteiger partial charge in [0.2, 0.25) is 0 Å². The van der Waals surface area contributed by atoms with Gasteiger partial charge in [0.1, 0.15) is 0 Å². The largest absolute Gasteiger partial charge is 0.673 e. The number of hydrogen-bond acceptors (Lipinski definition) is 12. The van der Waals surface area contributed by atoms with Crippen LogP contribution in [0.15, 0.2) is 0 Å². The summed E-state index contributed by atoms with van der Waals surface area (Å²) in [4.78, 5) is 0. The molecule has 0 saturated heterocycles. The van der Waals surface area contributed by atoms with Crippen LogP contribution in [-0.2, 0) is 52.2 Å². The second kappa shape index (κ2) is 19.5. The minimum Gasteiger partial charge on any atom is -0.372 e. The highest BCUT2D eigenvalue weighted by Gasteiger charge is 2.66. The van der Waals surface area contributed by atoms with Crippen LogP contribution in [0.25, 0.3) is 0 Å². The number of rotatable bonds is 24. The van der Waals surface area contributed by atoms with E-state index in [4.69, 9.17) is 52.2 Å². The van der Waals surface area contributed by atoms with Crippen LogP contribution in [0.3, 0.4) is 0 Å². The Hall–Kier alpha value is 0.388. The average molecular weight is 566 g/mol. The van der Waals surface area contributed by atoms with Crippen LogP contribution in [-0.4, -0.2) is 96.1 Å². The van der Waals surface area contributed by atoms with Crippen molar-refractivity contribution in [1.29, 1.82) is 0 Å². The van der Waals surface area contributed by atoms with Crippen LogP contribution in [0.1, 0.15) is 62.3 Å². The minimum atomic E-state index is -4.09. The summed E-state index contributed by atoms with van der Waals surface area (Å²) in [5.74, 6) is 0. The van der Waals surface area contributed by atoms with E-state index >= 15 is 0 Å². The third kappa shape index (κ3) is 12.1. The molecule has 0 atom stereocenters. The lowest BCUT2D eigenvalue weighted by molar-refractivity contribution is -0.0708. The molecular formula is C18H45O12Si4. The van der Waals surface area contributed by atoms with Crippen molar-refractivity contribution in [2.24, 2.45) is 0 Å². The standard InChI is InChI=1S/C18H45O12Si4/c1-10-19-31(20-11-2)28-33(24-15-6,25-16-7)30-34(26-17-8,27-18-9)29-32(21-12-3,22-13-4)23-14-5/h10-18H2,1-9H3. The van der Waals surface area contributed by atoms with Crippen molar-refractivity contribution in [1.82, 2.24) is 0 Å². The predicted octanol–water partition coefficient (Wildman–Crippen LogP) is 2.66. The van der Waals surface area contributed by atoms with Gasteiger partial charge < -0.3 is 52.2 Å². The number of hydrogen-bond donors (Lipinski definition) is 0. The molecule has 0 amide bonds. The lowest BCUT2D eigenvalue weighted by Crippen LogP contribution is -2.68. The molecule has 0 aliphatic carbocycles. The van der Waals surface area contributed by atoms with E-state index in [9.17, 15) is 0 Å². The van der Waals surface area contributed by atoms with Gasteiger partial charge in [-0.2, -0.15) is 0 Å². The highest BCUT2D eigenvalue weighted by Crippen LogP contribution is 2.28. The molecule has 0 unspecified atom stereocenters. The van der Waals surface area contributed by atoms with Gasteiger partial charge in [0.25, 0.3) is 0 Å². The van der Waals surface area contributed by atoms with Crippen LogP contribution in [0.5, 0.6) is 0 Å². The van der Waals surface area contributed by atoms with Gasteiger partial charge in [-0.1, -0.05) is 0 Å². The molecule has 0 fully saturated rings. The maximum Gasteiger partial charge on any atom is 0.673 e. The van der Waals surface area contributed by atoms with E-state index < -0.39 is 36.7 Å². The maximum atomic E-state index is 6.41. The fraction of sp³-hybridized carbons (Fsp3) is 1.00. The molecule has 0 aromatic rings. The fourth-order valence-electron chi connectivity index (χ4n) is 2.56. The topological polar surface area (TPSA) is 111 Å². The minimum absolute atomic E-state index is 0.207. The quantitative estimate of drug-likeness (QED) is 0.160. The first kappa shape index (κ1) is 34.4. The first-order chi connectivity index (χ1) is 16.3. The molecule has 0 aliphatic rings. The maximum absolute atomic E-state index is 6.41. The predicted molar refractivity (Wildman–Crippen MR) is 131 cm³/mol. The molecule has 0 aromatic heterocycles. The molecule has 205 valence electrons. The second-order valence-corrected chi connectivity index (χ2v) is 14.5. The van der Waals surface area contributed by atoms with Gasteiger partial charge in [-0.05, 0) is 62.3 Å². The van der Waals surface area contributed by atoms with Gasteiger partial charge in [0.15, 0.2) is 0 Å². The molecule has 1 radical (unpaired) electrons. The molecule has 12 nitrogen and oxygen atoms in total. The molecule has 0 rings (SSSR count). The van der Waals surface area contributed by atoms with Crippen molar-refractivity contribution in [3.05, 3.63) is 0 Å². The summed E-state index contributed by atoms with van der Waals surface area (Å²) in [6, 6.07) is 0. The van der Waals surface area contributed by atoms with Gasteiger partial charge >= 0.3 is 36.7 Å². The van der Waals surface area contributed by atoms with E-state index in [-0.39, 0.29) is 46.2 Å². The van der Waals surface area contributed by atoms with E-state index in [1.54, 1.807) is 27.7 Å². The lowest BCUT2D eigenvalue weighted by atomic mass is 10.9. The SMILES string of the molecule is CCO[Si](OCC)O[Si](OCC)(OCC)O[Si](OCC)(OCC)O[Si](OCC)(OCC)OCC. The van der Waals surface area contributed by atoms with Crippen molar-refractivity contribution in [2.75, 3.05) is 59.5 Å². The van der Waals surface area contributed by atoms with Gasteiger partial charge in [0, 0.05) is 59.5 Å². The zero-order chi connectivity index (χ0) is 25.9. The van der Waals surface area contributed by atoms with Crippen LogP contribution < -0.4 is 0 Å². The summed E-state index contributed by atoms with van der Waals surface area (Å²) in [5, 5.41) is 0. The Labute approximate surface area is 210 Å². The van der Waals surface area contributed by atoms with Crippen molar-refractivity contribution in [3.8, 4) is 0 Å². The molecule has 16 heteroatoms. The average Bonchev–Trinajstić information content (AvgIpc) is 2.75. The smallest absolute Gasteiger partial charge is 0.372 e. The first-order valence-corrected chi connectivity index (χ1v) is 18.1. The van der Waals surface area contributed by atoms with Gasteiger partial charge in [-0.25, -0.2) is 0 Å². The molecule has 0 bridgehead atoms. The van der Waals surface area contributed by atoms with Crippen LogP contribution >= 0.6 is 0 Å². The van der Waals surface area contributed by atoms with Gasteiger partial charge in [-0.15, -0.1) is 0 Å². The monoisotopic (exact) mass is 565 g/mol. The van der Waals surface area contributed by atoms with Crippen molar-refractivity contribution >= 4 is 36.7 Å². The third-order valence-electron chi connectivity index (χ3n) is 3.48. The zero-order valence-corrected chi connectivity index (χ0v) is 26.3. The Balaban J connectivity index is 6.47. The van der Waals surface area contributed by atoms with Gasteiger partial charge in [-0.3, -0.25) is 0 Å². The van der Waals surface area contributed by atoms with Crippen LogP contribution in [0.2, 0.25) is 0 Å². The molecule has 0 aliphatic heterocycles. The molecule has 34 heavy (non-hydrogen) atoms. The van der Waals surface area contributed by atoms with E-state index in [0.29, 0.717) is 13.2 Å². The molecular weight excluding hydrogens is 521 g/mol. The van der Waals surface area contributed by atoms with Crippen molar-refractivity contribution < 1.29 is 52.2 Å². The van der Waals surface area contributed by atoms with E-state index in [1.807, 2.05) is 34.6 Å². The zero-order valence-electron chi connectivity index (χ0n) is 22.3. The first-order valence-electron chi connectivity index (χ1n) is 12.0. The highest BCUT2D eigenvalue weighted by molar-refractivity contribution is 6.76. The van der Waals surface area contributed by atoms with E-state index in [1.165, 1.54) is 0 Å². The van der Waals surface area contributed by atoms with Crippen molar-refractivity contribution in [2.45, 2.75) is 62.3 Å². The fourth-order valence-corrected chi connectivity index (χ4v) is 13.4. The third-order valence-corrected chi connectivity index (χ3v) is 14.7. The second-order valence-electron chi connectivity index (χ2n) is 5.95. The van der Waals surface area contributed by atoms with E-state index in [0.717, 1.165) is 0 Å². The van der Waals surface area contributed by atoms with Crippen molar-refractivity contribution in [3.63, 3.8) is 0 Å². The summed E-state index contributed by atoms with van der Waals surface area (Å²) in [5.41, 5.74) is 0. The van der Waals surface area contributed by atoms with Gasteiger partial charge in [0.05, 0.1) is 0 Å². The normalized spacial score (nSPS) is 13.2. The molecule has 0 N–H and O–H groups in total. The Morgan fingerprint density at radius 1 is 0.382 bits per heavy atom. The highest BCUT2D eigenvalue weighted by atomic mass is 28.5. The molecule has 0 heterocycles. The van der Waals surface area contributed by atoms with Crippen LogP contribution in [0.4, 0.5) is 0 Å². The summed E-state index contributed by atoms with van der Waals surface area (Å²) in [6.45, 7) is 18.8. The Kier molecular flexibility index (Phi) is 19.7. The summed E-state index contributed by atoms with van der Waals surface area (Å²) in [6.07, 6.45) is 0. The Bertz CT molecular complexity index is 459. The summed E-state index contributed by atoms with van der Waals surface area (Å²) in [7, 11) is -14.1. The molecule has 0 saturated carbocycles. The lowest BCUT2D eigenvalue weighted by Gasteiger charge is -2.39. The van der Waals surface area contributed by atoms with Crippen LogP contribution in [0, 0.1) is 0 Å². The molecule has 0 aromatic carbocycles.